The highest BCUT2D eigenvalue weighted by Crippen LogP contribution is 2.23. The van der Waals surface area contributed by atoms with Crippen LogP contribution >= 0.6 is 0 Å². The van der Waals surface area contributed by atoms with E-state index in [4.69, 9.17) is 4.98 Å². The highest BCUT2D eigenvalue weighted by Gasteiger charge is 2.18. The molecule has 0 aliphatic carbocycles. The van der Waals surface area contributed by atoms with Crippen molar-refractivity contribution < 1.29 is 0 Å². The molecule has 0 saturated heterocycles. The van der Waals surface area contributed by atoms with Gasteiger partial charge in [0, 0.05) is 19.2 Å². The van der Waals surface area contributed by atoms with Gasteiger partial charge < -0.3 is 4.57 Å². The van der Waals surface area contributed by atoms with Crippen LogP contribution in [0, 0.1) is 11.3 Å². The molecule has 0 fully saturated rings. The molecule has 3 nitrogen and oxygen atoms in total. The zero-order valence-electron chi connectivity index (χ0n) is 12.1. The average molecular weight is 245 g/mol. The molecule has 18 heavy (non-hydrogen) atoms. The van der Waals surface area contributed by atoms with Gasteiger partial charge in [-0.15, -0.1) is 0 Å². The lowest BCUT2D eigenvalue weighted by Gasteiger charge is -2.19. The summed E-state index contributed by atoms with van der Waals surface area (Å²) in [7, 11) is 0. The highest BCUT2D eigenvalue weighted by molar-refractivity contribution is 5.71. The van der Waals surface area contributed by atoms with Crippen molar-refractivity contribution in [2.45, 2.75) is 47.6 Å². The fourth-order valence-electron chi connectivity index (χ4n) is 2.17. The SMILES string of the molecule is CC(C)Cn1c(CC(C)(C)C)nc2cccnc21. The maximum atomic E-state index is 4.75. The van der Waals surface area contributed by atoms with Crippen molar-refractivity contribution in [1.29, 1.82) is 0 Å². The first kappa shape index (κ1) is 13.1. The van der Waals surface area contributed by atoms with E-state index in [-0.39, 0.29) is 5.41 Å². The molecule has 0 saturated carbocycles. The molecule has 0 unspecified atom stereocenters. The van der Waals surface area contributed by atoms with Crippen LogP contribution in [0.15, 0.2) is 18.3 Å². The summed E-state index contributed by atoms with van der Waals surface area (Å²) in [5, 5.41) is 0. The summed E-state index contributed by atoms with van der Waals surface area (Å²) in [6.45, 7) is 12.2. The number of pyridine rings is 1. The largest absolute Gasteiger partial charge is 0.312 e. The van der Waals surface area contributed by atoms with Gasteiger partial charge in [-0.3, -0.25) is 0 Å². The van der Waals surface area contributed by atoms with Gasteiger partial charge in [0.15, 0.2) is 5.65 Å². The number of hydrogen-bond acceptors (Lipinski definition) is 2. The van der Waals surface area contributed by atoms with E-state index in [1.807, 2.05) is 18.3 Å². The number of nitrogens with zero attached hydrogens (tertiary/aromatic N) is 3. The third-order valence-electron chi connectivity index (χ3n) is 2.82. The van der Waals surface area contributed by atoms with E-state index in [1.54, 1.807) is 0 Å². The third kappa shape index (κ3) is 2.89. The molecule has 0 radical (unpaired) electrons. The van der Waals surface area contributed by atoms with Gasteiger partial charge in [0.25, 0.3) is 0 Å². The molecule has 2 aromatic rings. The number of hydrogen-bond donors (Lipinski definition) is 0. The average Bonchev–Trinajstić information content (AvgIpc) is 2.54. The van der Waals surface area contributed by atoms with E-state index >= 15 is 0 Å². The third-order valence-corrected chi connectivity index (χ3v) is 2.82. The van der Waals surface area contributed by atoms with Crippen LogP contribution in [0.5, 0.6) is 0 Å². The smallest absolute Gasteiger partial charge is 0.159 e. The van der Waals surface area contributed by atoms with E-state index in [0.29, 0.717) is 5.92 Å². The second kappa shape index (κ2) is 4.71. The Labute approximate surface area is 109 Å². The number of rotatable bonds is 3. The summed E-state index contributed by atoms with van der Waals surface area (Å²) in [4.78, 5) is 9.24. The molecule has 0 aliphatic heterocycles. The van der Waals surface area contributed by atoms with Gasteiger partial charge in [-0.2, -0.15) is 0 Å². The van der Waals surface area contributed by atoms with Crippen molar-refractivity contribution in [1.82, 2.24) is 14.5 Å². The van der Waals surface area contributed by atoms with Crippen LogP contribution in [-0.4, -0.2) is 14.5 Å². The van der Waals surface area contributed by atoms with Crippen molar-refractivity contribution in [3.8, 4) is 0 Å². The summed E-state index contributed by atoms with van der Waals surface area (Å²) in [6, 6.07) is 4.00. The van der Waals surface area contributed by atoms with Gasteiger partial charge in [-0.1, -0.05) is 34.6 Å². The quantitative estimate of drug-likeness (QED) is 0.826. The van der Waals surface area contributed by atoms with E-state index in [9.17, 15) is 0 Å². The first-order valence-corrected chi connectivity index (χ1v) is 6.67. The molecule has 2 aromatic heterocycles. The molecule has 2 heterocycles. The van der Waals surface area contributed by atoms with Gasteiger partial charge in [0.2, 0.25) is 0 Å². The minimum atomic E-state index is 0.246. The molecular formula is C15H23N3. The Morgan fingerprint density at radius 2 is 2.00 bits per heavy atom. The minimum Gasteiger partial charge on any atom is -0.312 e. The van der Waals surface area contributed by atoms with Crippen molar-refractivity contribution in [3.05, 3.63) is 24.2 Å². The summed E-state index contributed by atoms with van der Waals surface area (Å²) in [5.41, 5.74) is 2.28. The van der Waals surface area contributed by atoms with E-state index in [2.05, 4.69) is 44.2 Å². The van der Waals surface area contributed by atoms with Gasteiger partial charge >= 0.3 is 0 Å². The van der Waals surface area contributed by atoms with Crippen LogP contribution < -0.4 is 0 Å². The summed E-state index contributed by atoms with van der Waals surface area (Å²) in [6.07, 6.45) is 2.83. The van der Waals surface area contributed by atoms with Crippen molar-refractivity contribution in [2.24, 2.45) is 11.3 Å². The zero-order valence-corrected chi connectivity index (χ0v) is 12.1. The van der Waals surface area contributed by atoms with Gasteiger partial charge in [-0.05, 0) is 23.5 Å². The molecular weight excluding hydrogens is 222 g/mol. The maximum Gasteiger partial charge on any atom is 0.159 e. The number of imidazole rings is 1. The summed E-state index contributed by atoms with van der Waals surface area (Å²) in [5.74, 6) is 1.76. The Kier molecular flexibility index (Phi) is 3.42. The lowest BCUT2D eigenvalue weighted by Crippen LogP contribution is -2.16. The van der Waals surface area contributed by atoms with Gasteiger partial charge in [0.1, 0.15) is 11.3 Å². The molecule has 2 rings (SSSR count). The lowest BCUT2D eigenvalue weighted by atomic mass is 9.92. The number of fused-ring (bicyclic) bond motifs is 1. The van der Waals surface area contributed by atoms with Crippen LogP contribution in [0.3, 0.4) is 0 Å². The molecule has 3 heteroatoms. The van der Waals surface area contributed by atoms with E-state index in [0.717, 1.165) is 30.0 Å². The van der Waals surface area contributed by atoms with Crippen molar-refractivity contribution in [3.63, 3.8) is 0 Å². The monoisotopic (exact) mass is 245 g/mol. The highest BCUT2D eigenvalue weighted by atomic mass is 15.1. The summed E-state index contributed by atoms with van der Waals surface area (Å²) >= 11 is 0. The first-order chi connectivity index (χ1) is 8.37. The van der Waals surface area contributed by atoms with Crippen LogP contribution in [0.4, 0.5) is 0 Å². The van der Waals surface area contributed by atoms with Crippen LogP contribution in [-0.2, 0) is 13.0 Å². The van der Waals surface area contributed by atoms with E-state index in [1.165, 1.54) is 0 Å². The van der Waals surface area contributed by atoms with Crippen LogP contribution in [0.25, 0.3) is 11.2 Å². The topological polar surface area (TPSA) is 30.7 Å². The van der Waals surface area contributed by atoms with Gasteiger partial charge in [-0.25, -0.2) is 9.97 Å². The molecule has 0 N–H and O–H groups in total. The Hall–Kier alpha value is -1.38. The standard InChI is InChI=1S/C15H23N3/c1-11(2)10-18-13(9-15(3,4)5)17-12-7-6-8-16-14(12)18/h6-8,11H,9-10H2,1-5H3. The normalized spacial score (nSPS) is 12.6. The number of aromatic nitrogens is 3. The zero-order chi connectivity index (χ0) is 13.3. The molecule has 0 bridgehead atoms. The van der Waals surface area contributed by atoms with Crippen LogP contribution in [0.2, 0.25) is 0 Å². The fraction of sp³-hybridized carbons (Fsp3) is 0.600. The predicted molar refractivity (Wildman–Crippen MR) is 75.5 cm³/mol. The lowest BCUT2D eigenvalue weighted by molar-refractivity contribution is 0.386. The Balaban J connectivity index is 2.50. The Morgan fingerprint density at radius 3 is 2.61 bits per heavy atom. The van der Waals surface area contributed by atoms with Crippen molar-refractivity contribution >= 4 is 11.2 Å². The first-order valence-electron chi connectivity index (χ1n) is 6.67. The van der Waals surface area contributed by atoms with Crippen LogP contribution in [0.1, 0.15) is 40.4 Å². The van der Waals surface area contributed by atoms with Crippen molar-refractivity contribution in [2.75, 3.05) is 0 Å². The molecule has 98 valence electrons. The second-order valence-electron chi connectivity index (χ2n) is 6.62. The fourth-order valence-corrected chi connectivity index (χ4v) is 2.17. The molecule has 0 aliphatic rings. The molecule has 0 spiro atoms. The maximum absolute atomic E-state index is 4.75. The predicted octanol–water partition coefficient (Wildman–Crippen LogP) is 3.68. The Bertz CT molecular complexity index is 532. The minimum absolute atomic E-state index is 0.246. The molecule has 0 amide bonds. The van der Waals surface area contributed by atoms with Gasteiger partial charge in [0.05, 0.1) is 0 Å². The molecule has 0 aromatic carbocycles. The summed E-state index contributed by atoms with van der Waals surface area (Å²) < 4.78 is 2.28. The molecule has 0 atom stereocenters. The Morgan fingerprint density at radius 1 is 1.28 bits per heavy atom. The van der Waals surface area contributed by atoms with E-state index < -0.39 is 0 Å². The second-order valence-corrected chi connectivity index (χ2v) is 6.62.